The second-order valence-electron chi connectivity index (χ2n) is 5.37. The van der Waals surface area contributed by atoms with Crippen LogP contribution in [0.4, 0.5) is 0 Å². The Morgan fingerprint density at radius 1 is 1.41 bits per heavy atom. The van der Waals surface area contributed by atoms with Gasteiger partial charge in [0.2, 0.25) is 0 Å². The van der Waals surface area contributed by atoms with Crippen LogP contribution in [0.1, 0.15) is 45.4 Å². The molecule has 0 aromatic rings. The van der Waals surface area contributed by atoms with Gasteiger partial charge >= 0.3 is 0 Å². The average molecular weight is 263 g/mol. The molecular formula is C12H25NO3S. The zero-order valence-corrected chi connectivity index (χ0v) is 11.7. The Morgan fingerprint density at radius 2 is 2.06 bits per heavy atom. The fourth-order valence-corrected chi connectivity index (χ4v) is 4.10. The Morgan fingerprint density at radius 3 is 2.53 bits per heavy atom. The minimum absolute atomic E-state index is 0.0286. The largest absolute Gasteiger partial charge is 0.388 e. The van der Waals surface area contributed by atoms with E-state index >= 15 is 0 Å². The summed E-state index contributed by atoms with van der Waals surface area (Å²) >= 11 is 0. The smallest absolute Gasteiger partial charge is 0.150 e. The highest BCUT2D eigenvalue weighted by atomic mass is 32.2. The van der Waals surface area contributed by atoms with E-state index in [4.69, 9.17) is 5.73 Å². The molecule has 1 aliphatic rings. The molecule has 5 heteroatoms. The highest BCUT2D eigenvalue weighted by Crippen LogP contribution is 2.37. The predicted octanol–water partition coefficient (Wildman–Crippen LogP) is 1.08. The number of hydrogen-bond acceptors (Lipinski definition) is 4. The minimum Gasteiger partial charge on any atom is -0.388 e. The van der Waals surface area contributed by atoms with E-state index in [-0.39, 0.29) is 17.7 Å². The topological polar surface area (TPSA) is 80.4 Å². The van der Waals surface area contributed by atoms with Crippen molar-refractivity contribution in [1.29, 1.82) is 0 Å². The SMILES string of the molecule is CCCC(O)(CN)C1CCCC(S(C)(=O)=O)C1. The third-order valence-corrected chi connectivity index (χ3v) is 5.67. The standard InChI is InChI=1S/C12H25NO3S/c1-3-7-12(14,9-13)10-5-4-6-11(8-10)17(2,15)16/h10-11,14H,3-9,13H2,1-2H3. The molecule has 3 unspecified atom stereocenters. The van der Waals surface area contributed by atoms with Crippen LogP contribution in [0.25, 0.3) is 0 Å². The summed E-state index contributed by atoms with van der Waals surface area (Å²) in [4.78, 5) is 0. The van der Waals surface area contributed by atoms with Gasteiger partial charge in [0.15, 0.2) is 0 Å². The van der Waals surface area contributed by atoms with Gasteiger partial charge in [-0.1, -0.05) is 19.8 Å². The monoisotopic (exact) mass is 263 g/mol. The molecule has 4 nitrogen and oxygen atoms in total. The normalized spacial score (nSPS) is 29.9. The van der Waals surface area contributed by atoms with E-state index < -0.39 is 15.4 Å². The third kappa shape index (κ3) is 3.66. The molecule has 0 aromatic heterocycles. The number of sulfone groups is 1. The Labute approximate surface area is 105 Å². The molecule has 0 saturated heterocycles. The summed E-state index contributed by atoms with van der Waals surface area (Å²) in [6, 6.07) is 0. The van der Waals surface area contributed by atoms with Gasteiger partial charge in [0.05, 0.1) is 10.9 Å². The Hall–Kier alpha value is -0.130. The van der Waals surface area contributed by atoms with E-state index in [1.165, 1.54) is 6.26 Å². The minimum atomic E-state index is -2.99. The lowest BCUT2D eigenvalue weighted by Gasteiger charge is -2.39. The van der Waals surface area contributed by atoms with E-state index in [1.807, 2.05) is 6.92 Å². The van der Waals surface area contributed by atoms with Crippen LogP contribution in [0.2, 0.25) is 0 Å². The van der Waals surface area contributed by atoms with Crippen LogP contribution >= 0.6 is 0 Å². The lowest BCUT2D eigenvalue weighted by molar-refractivity contribution is -0.0319. The first-order chi connectivity index (χ1) is 7.83. The maximum absolute atomic E-state index is 11.6. The van der Waals surface area contributed by atoms with Crippen LogP contribution < -0.4 is 5.73 Å². The summed E-state index contributed by atoms with van der Waals surface area (Å²) in [7, 11) is -2.99. The number of rotatable bonds is 5. The van der Waals surface area contributed by atoms with E-state index in [0.29, 0.717) is 12.8 Å². The van der Waals surface area contributed by atoms with Gasteiger partial charge in [0.1, 0.15) is 9.84 Å². The quantitative estimate of drug-likeness (QED) is 0.778. The van der Waals surface area contributed by atoms with Crippen molar-refractivity contribution >= 4 is 9.84 Å². The molecule has 102 valence electrons. The molecule has 0 bridgehead atoms. The predicted molar refractivity (Wildman–Crippen MR) is 69.5 cm³/mol. The van der Waals surface area contributed by atoms with Gasteiger partial charge in [-0.25, -0.2) is 8.42 Å². The van der Waals surface area contributed by atoms with Crippen molar-refractivity contribution in [3.63, 3.8) is 0 Å². The van der Waals surface area contributed by atoms with Crippen LogP contribution in [0.5, 0.6) is 0 Å². The third-order valence-electron chi connectivity index (χ3n) is 4.03. The van der Waals surface area contributed by atoms with Crippen molar-refractivity contribution in [3.05, 3.63) is 0 Å². The van der Waals surface area contributed by atoms with Crippen molar-refractivity contribution in [2.45, 2.75) is 56.3 Å². The Bertz CT molecular complexity index is 342. The van der Waals surface area contributed by atoms with Crippen molar-refractivity contribution in [1.82, 2.24) is 0 Å². The van der Waals surface area contributed by atoms with Crippen molar-refractivity contribution < 1.29 is 13.5 Å². The molecular weight excluding hydrogens is 238 g/mol. The lowest BCUT2D eigenvalue weighted by Crippen LogP contribution is -2.48. The van der Waals surface area contributed by atoms with Crippen molar-refractivity contribution in [3.8, 4) is 0 Å². The van der Waals surface area contributed by atoms with Crippen LogP contribution in [0.15, 0.2) is 0 Å². The second kappa shape index (κ2) is 5.67. The van der Waals surface area contributed by atoms with Gasteiger partial charge in [0.25, 0.3) is 0 Å². The molecule has 0 radical (unpaired) electrons. The van der Waals surface area contributed by atoms with E-state index in [9.17, 15) is 13.5 Å². The molecule has 3 N–H and O–H groups in total. The molecule has 0 aliphatic heterocycles. The summed E-state index contributed by atoms with van der Waals surface area (Å²) in [5.74, 6) is 0.0286. The Kier molecular flexibility index (Phi) is 4.98. The number of nitrogens with two attached hydrogens (primary N) is 1. The molecule has 0 heterocycles. The summed E-state index contributed by atoms with van der Waals surface area (Å²) in [5, 5.41) is 10.2. The zero-order valence-electron chi connectivity index (χ0n) is 10.9. The van der Waals surface area contributed by atoms with Gasteiger partial charge in [-0.2, -0.15) is 0 Å². The highest BCUT2D eigenvalue weighted by Gasteiger charge is 2.40. The molecule has 0 aromatic carbocycles. The first-order valence-electron chi connectivity index (χ1n) is 6.45. The molecule has 3 atom stereocenters. The van der Waals surface area contributed by atoms with E-state index in [0.717, 1.165) is 25.7 Å². The van der Waals surface area contributed by atoms with Gasteiger partial charge < -0.3 is 10.8 Å². The zero-order chi connectivity index (χ0) is 13.1. The van der Waals surface area contributed by atoms with Crippen molar-refractivity contribution in [2.24, 2.45) is 11.7 Å². The summed E-state index contributed by atoms with van der Waals surface area (Å²) in [5.41, 5.74) is 4.80. The molecule has 17 heavy (non-hydrogen) atoms. The van der Waals surface area contributed by atoms with E-state index in [2.05, 4.69) is 0 Å². The van der Waals surface area contributed by atoms with Crippen LogP contribution in [-0.2, 0) is 9.84 Å². The van der Waals surface area contributed by atoms with Gasteiger partial charge in [-0.15, -0.1) is 0 Å². The molecule has 1 rings (SSSR count). The molecule has 1 fully saturated rings. The summed E-state index contributed by atoms with van der Waals surface area (Å²) < 4.78 is 23.2. The highest BCUT2D eigenvalue weighted by molar-refractivity contribution is 7.91. The fourth-order valence-electron chi connectivity index (χ4n) is 2.93. The van der Waals surface area contributed by atoms with Gasteiger partial charge in [-0.3, -0.25) is 0 Å². The van der Waals surface area contributed by atoms with E-state index in [1.54, 1.807) is 0 Å². The fraction of sp³-hybridized carbons (Fsp3) is 1.00. The first kappa shape index (κ1) is 14.9. The summed E-state index contributed by atoms with van der Waals surface area (Å²) in [6.45, 7) is 2.24. The van der Waals surface area contributed by atoms with Crippen LogP contribution in [0, 0.1) is 5.92 Å². The maximum atomic E-state index is 11.6. The second-order valence-corrected chi connectivity index (χ2v) is 7.70. The molecule has 0 spiro atoms. The summed E-state index contributed by atoms with van der Waals surface area (Å²) in [6.07, 6.45) is 5.86. The van der Waals surface area contributed by atoms with Crippen LogP contribution in [0.3, 0.4) is 0 Å². The molecule has 0 amide bonds. The molecule has 1 aliphatic carbocycles. The van der Waals surface area contributed by atoms with Crippen molar-refractivity contribution in [2.75, 3.05) is 12.8 Å². The van der Waals surface area contributed by atoms with Gasteiger partial charge in [-0.05, 0) is 31.6 Å². The Balaban J connectivity index is 2.78. The average Bonchev–Trinajstić information content (AvgIpc) is 2.28. The van der Waals surface area contributed by atoms with Gasteiger partial charge in [0, 0.05) is 12.8 Å². The maximum Gasteiger partial charge on any atom is 0.150 e. The number of hydrogen-bond donors (Lipinski definition) is 2. The first-order valence-corrected chi connectivity index (χ1v) is 8.40. The van der Waals surface area contributed by atoms with Crippen LogP contribution in [-0.4, -0.2) is 37.2 Å². The lowest BCUT2D eigenvalue weighted by atomic mass is 9.74. The number of aliphatic hydroxyl groups is 1. The molecule has 1 saturated carbocycles.